The number of aryl methyl sites for hydroxylation is 1. The number of alkyl halides is 3. The number of fused-ring (bicyclic) bond motifs is 1. The fraction of sp³-hybridized carbons (Fsp3) is 0.174. The van der Waals surface area contributed by atoms with Crippen molar-refractivity contribution >= 4 is 45.7 Å². The Morgan fingerprint density at radius 3 is 2.53 bits per heavy atom. The Kier molecular flexibility index (Phi) is 6.26. The highest BCUT2D eigenvalue weighted by Gasteiger charge is 2.34. The molecule has 1 N–H and O–H groups in total. The van der Waals surface area contributed by atoms with E-state index in [1.54, 1.807) is 30.7 Å². The zero-order valence-corrected chi connectivity index (χ0v) is 19.3. The first-order valence-corrected chi connectivity index (χ1v) is 10.7. The maximum absolute atomic E-state index is 13.5. The van der Waals surface area contributed by atoms with E-state index in [2.05, 4.69) is 15.4 Å². The number of carbonyl (C=O) groups is 1. The average Bonchev–Trinajstić information content (AvgIpc) is 2.99. The van der Waals surface area contributed by atoms with Gasteiger partial charge in [-0.15, -0.1) is 0 Å². The molecule has 0 unspecified atom stereocenters. The summed E-state index contributed by atoms with van der Waals surface area (Å²) < 4.78 is 55.5. The summed E-state index contributed by atoms with van der Waals surface area (Å²) in [4.78, 5) is 16.8. The van der Waals surface area contributed by atoms with Crippen molar-refractivity contribution in [2.45, 2.75) is 26.6 Å². The van der Waals surface area contributed by atoms with Crippen molar-refractivity contribution < 1.29 is 22.4 Å². The molecule has 34 heavy (non-hydrogen) atoms. The van der Waals surface area contributed by atoms with Gasteiger partial charge in [-0.2, -0.15) is 18.3 Å². The van der Waals surface area contributed by atoms with Gasteiger partial charge < -0.3 is 5.32 Å². The van der Waals surface area contributed by atoms with Crippen LogP contribution in [0.4, 0.5) is 23.2 Å². The number of halogens is 6. The summed E-state index contributed by atoms with van der Waals surface area (Å²) in [6, 6.07) is 9.23. The van der Waals surface area contributed by atoms with Crippen molar-refractivity contribution in [3.63, 3.8) is 0 Å². The fourth-order valence-electron chi connectivity index (χ4n) is 3.61. The van der Waals surface area contributed by atoms with E-state index < -0.39 is 23.6 Å². The molecule has 0 atom stereocenters. The molecule has 4 aromatic rings. The van der Waals surface area contributed by atoms with Crippen LogP contribution in [0.2, 0.25) is 10.0 Å². The van der Waals surface area contributed by atoms with Crippen LogP contribution in [0.15, 0.2) is 42.5 Å². The Bertz CT molecular complexity index is 1430. The van der Waals surface area contributed by atoms with Crippen LogP contribution in [0.1, 0.15) is 33.0 Å². The maximum atomic E-state index is 13.5. The van der Waals surface area contributed by atoms with Gasteiger partial charge in [0.2, 0.25) is 0 Å². The van der Waals surface area contributed by atoms with Gasteiger partial charge in [-0.25, -0.2) is 9.37 Å². The SMILES string of the molecule is Cc1nn(Cc2cccc(F)c2)c(C)c1NC(=O)c1cc(C(F)(F)F)nc2c(Cl)cc(Cl)cc12. The third-order valence-corrected chi connectivity index (χ3v) is 5.71. The zero-order chi connectivity index (χ0) is 24.8. The molecule has 0 radical (unpaired) electrons. The van der Waals surface area contributed by atoms with Gasteiger partial charge in [0.05, 0.1) is 39.7 Å². The third kappa shape index (κ3) is 4.71. The predicted molar refractivity (Wildman–Crippen MR) is 122 cm³/mol. The van der Waals surface area contributed by atoms with Crippen molar-refractivity contribution in [3.8, 4) is 0 Å². The molecule has 0 aliphatic rings. The van der Waals surface area contributed by atoms with E-state index in [9.17, 15) is 22.4 Å². The Morgan fingerprint density at radius 1 is 1.12 bits per heavy atom. The Balaban J connectivity index is 1.75. The van der Waals surface area contributed by atoms with Crippen LogP contribution < -0.4 is 5.32 Å². The van der Waals surface area contributed by atoms with Gasteiger partial charge in [-0.1, -0.05) is 35.3 Å². The summed E-state index contributed by atoms with van der Waals surface area (Å²) in [5, 5.41) is 7.12. The highest BCUT2D eigenvalue weighted by Crippen LogP contribution is 2.35. The number of benzene rings is 2. The number of carbonyl (C=O) groups excluding carboxylic acids is 1. The summed E-state index contributed by atoms with van der Waals surface area (Å²) >= 11 is 12.1. The first-order valence-electron chi connectivity index (χ1n) is 9.91. The number of amides is 1. The van der Waals surface area contributed by atoms with Crippen molar-refractivity contribution in [2.75, 3.05) is 5.32 Å². The van der Waals surface area contributed by atoms with Crippen LogP contribution in [0.25, 0.3) is 10.9 Å². The lowest BCUT2D eigenvalue weighted by Crippen LogP contribution is -2.17. The smallest absolute Gasteiger partial charge is 0.319 e. The second-order valence-corrected chi connectivity index (χ2v) is 8.47. The first-order chi connectivity index (χ1) is 15.9. The van der Waals surface area contributed by atoms with Gasteiger partial charge in [0, 0.05) is 10.4 Å². The summed E-state index contributed by atoms with van der Waals surface area (Å²) in [6.45, 7) is 3.57. The molecule has 2 heterocycles. The van der Waals surface area contributed by atoms with Crippen molar-refractivity contribution in [2.24, 2.45) is 0 Å². The standard InChI is InChI=1S/C23H16Cl2F4N4O/c1-11-20(12(2)33(32-11)10-13-4-3-5-15(26)6-13)31-22(34)17-9-19(23(27,28)29)30-21-16(17)7-14(24)8-18(21)25/h3-9H,10H2,1-2H3,(H,31,34). The number of hydrogen-bond acceptors (Lipinski definition) is 3. The van der Waals surface area contributed by atoms with Crippen LogP contribution in [-0.2, 0) is 12.7 Å². The summed E-state index contributed by atoms with van der Waals surface area (Å²) in [5.74, 6) is -1.21. The number of nitrogens with zero attached hydrogens (tertiary/aromatic N) is 3. The number of rotatable bonds is 4. The van der Waals surface area contributed by atoms with E-state index in [0.29, 0.717) is 28.7 Å². The number of pyridine rings is 1. The summed E-state index contributed by atoms with van der Waals surface area (Å²) in [5.41, 5.74) is 0.216. The van der Waals surface area contributed by atoms with Crippen LogP contribution in [0.5, 0.6) is 0 Å². The van der Waals surface area contributed by atoms with Gasteiger partial charge >= 0.3 is 6.18 Å². The second kappa shape index (κ2) is 8.88. The molecular formula is C23H16Cl2F4N4O. The molecule has 0 spiro atoms. The van der Waals surface area contributed by atoms with Crippen LogP contribution in [0, 0.1) is 19.7 Å². The van der Waals surface area contributed by atoms with E-state index in [4.69, 9.17) is 23.2 Å². The van der Waals surface area contributed by atoms with Crippen LogP contribution in [0.3, 0.4) is 0 Å². The van der Waals surface area contributed by atoms with E-state index in [0.717, 1.165) is 0 Å². The molecule has 11 heteroatoms. The molecule has 4 rings (SSSR count). The normalized spacial score (nSPS) is 11.8. The maximum Gasteiger partial charge on any atom is 0.433 e. The molecule has 1 amide bonds. The Hall–Kier alpha value is -3.17. The van der Waals surface area contributed by atoms with E-state index in [1.807, 2.05) is 0 Å². The number of anilines is 1. The van der Waals surface area contributed by atoms with Gasteiger partial charge in [-0.05, 0) is 49.7 Å². The highest BCUT2D eigenvalue weighted by atomic mass is 35.5. The molecular weight excluding hydrogens is 495 g/mol. The molecule has 2 aromatic heterocycles. The molecule has 2 aromatic carbocycles. The molecule has 5 nitrogen and oxygen atoms in total. The first kappa shape index (κ1) is 24.0. The molecule has 0 bridgehead atoms. The average molecular weight is 511 g/mol. The number of hydrogen-bond donors (Lipinski definition) is 1. The fourth-order valence-corrected chi connectivity index (χ4v) is 4.14. The topological polar surface area (TPSA) is 59.8 Å². The quantitative estimate of drug-likeness (QED) is 0.306. The van der Waals surface area contributed by atoms with Crippen molar-refractivity contribution in [3.05, 3.63) is 86.5 Å². The third-order valence-electron chi connectivity index (χ3n) is 5.21. The summed E-state index contributed by atoms with van der Waals surface area (Å²) in [7, 11) is 0. The Morgan fingerprint density at radius 2 is 1.85 bits per heavy atom. The van der Waals surface area contributed by atoms with E-state index in [1.165, 1.54) is 24.3 Å². The second-order valence-electron chi connectivity index (χ2n) is 7.62. The predicted octanol–water partition coefficient (Wildman–Crippen LogP) is 6.81. The lowest BCUT2D eigenvalue weighted by Gasteiger charge is -2.13. The lowest BCUT2D eigenvalue weighted by atomic mass is 10.1. The van der Waals surface area contributed by atoms with E-state index >= 15 is 0 Å². The van der Waals surface area contributed by atoms with Gasteiger partial charge in [-0.3, -0.25) is 9.48 Å². The number of nitrogens with one attached hydrogen (secondary N) is 1. The van der Waals surface area contributed by atoms with Crippen molar-refractivity contribution in [1.29, 1.82) is 0 Å². The summed E-state index contributed by atoms with van der Waals surface area (Å²) in [6.07, 6.45) is -4.80. The number of aromatic nitrogens is 3. The van der Waals surface area contributed by atoms with Gasteiger partial charge in [0.15, 0.2) is 0 Å². The minimum Gasteiger partial charge on any atom is -0.319 e. The van der Waals surface area contributed by atoms with Crippen LogP contribution >= 0.6 is 23.2 Å². The molecule has 0 aliphatic heterocycles. The largest absolute Gasteiger partial charge is 0.433 e. The Labute approximate surface area is 201 Å². The van der Waals surface area contributed by atoms with Crippen molar-refractivity contribution in [1.82, 2.24) is 14.8 Å². The molecule has 0 saturated carbocycles. The lowest BCUT2D eigenvalue weighted by molar-refractivity contribution is -0.140. The monoisotopic (exact) mass is 510 g/mol. The van der Waals surface area contributed by atoms with Gasteiger partial charge in [0.1, 0.15) is 11.5 Å². The highest BCUT2D eigenvalue weighted by molar-refractivity contribution is 6.39. The molecule has 0 fully saturated rings. The molecule has 0 saturated heterocycles. The minimum atomic E-state index is -4.80. The minimum absolute atomic E-state index is 0.0745. The zero-order valence-electron chi connectivity index (χ0n) is 17.8. The molecule has 0 aliphatic carbocycles. The van der Waals surface area contributed by atoms with E-state index in [-0.39, 0.29) is 33.1 Å². The molecule has 176 valence electrons. The van der Waals surface area contributed by atoms with Crippen LogP contribution in [-0.4, -0.2) is 20.7 Å². The van der Waals surface area contributed by atoms with Gasteiger partial charge in [0.25, 0.3) is 5.91 Å².